The van der Waals surface area contributed by atoms with E-state index in [0.29, 0.717) is 25.4 Å². The van der Waals surface area contributed by atoms with Gasteiger partial charge in [-0.2, -0.15) is 5.26 Å². The largest absolute Gasteiger partial charge is 0.492 e. The third-order valence-corrected chi connectivity index (χ3v) is 2.96. The van der Waals surface area contributed by atoms with Crippen molar-refractivity contribution in [2.45, 2.75) is 6.04 Å². The highest BCUT2D eigenvalue weighted by Gasteiger charge is 2.20. The van der Waals surface area contributed by atoms with E-state index in [1.807, 2.05) is 0 Å². The van der Waals surface area contributed by atoms with E-state index in [2.05, 4.69) is 16.3 Å². The van der Waals surface area contributed by atoms with E-state index in [1.54, 1.807) is 12.1 Å². The number of hydrogen-bond donors (Lipinski definition) is 1. The molecule has 18 heavy (non-hydrogen) atoms. The van der Waals surface area contributed by atoms with Crippen molar-refractivity contribution >= 4 is 0 Å². The van der Waals surface area contributed by atoms with Gasteiger partial charge in [-0.15, -0.1) is 0 Å². The third-order valence-electron chi connectivity index (χ3n) is 2.96. The van der Waals surface area contributed by atoms with Crippen LogP contribution in [0.25, 0.3) is 0 Å². The molecule has 0 aliphatic carbocycles. The Labute approximate surface area is 106 Å². The fraction of sp³-hybridized carbons (Fsp3) is 0.462. The van der Waals surface area contributed by atoms with E-state index in [-0.39, 0.29) is 11.9 Å². The average Bonchev–Trinajstić information content (AvgIpc) is 2.41. The van der Waals surface area contributed by atoms with Gasteiger partial charge in [0.25, 0.3) is 0 Å². The maximum Gasteiger partial charge on any atom is 0.123 e. The molecule has 2 rings (SSSR count). The summed E-state index contributed by atoms with van der Waals surface area (Å²) in [7, 11) is 0. The van der Waals surface area contributed by atoms with Gasteiger partial charge in [0.2, 0.25) is 0 Å². The van der Waals surface area contributed by atoms with Crippen LogP contribution in [-0.4, -0.2) is 43.7 Å². The van der Waals surface area contributed by atoms with Crippen LogP contribution in [0.1, 0.15) is 0 Å². The van der Waals surface area contributed by atoms with Gasteiger partial charge in [-0.25, -0.2) is 4.39 Å². The molecule has 1 aromatic carbocycles. The van der Waals surface area contributed by atoms with Crippen molar-refractivity contribution in [2.75, 3.05) is 32.8 Å². The van der Waals surface area contributed by atoms with Crippen LogP contribution >= 0.6 is 0 Å². The summed E-state index contributed by atoms with van der Waals surface area (Å²) in [4.78, 5) is 2.10. The lowest BCUT2D eigenvalue weighted by atomic mass is 10.2. The lowest BCUT2D eigenvalue weighted by molar-refractivity contribution is 0.161. The molecule has 1 saturated heterocycles. The first kappa shape index (κ1) is 12.8. The molecule has 1 fully saturated rings. The maximum atomic E-state index is 12.7. The van der Waals surface area contributed by atoms with Crippen molar-refractivity contribution in [2.24, 2.45) is 0 Å². The number of ether oxygens (including phenoxy) is 1. The minimum atomic E-state index is -0.269. The van der Waals surface area contributed by atoms with Crippen LogP contribution in [0, 0.1) is 17.1 Å². The monoisotopic (exact) mass is 249 g/mol. The second-order valence-corrected chi connectivity index (χ2v) is 4.19. The van der Waals surface area contributed by atoms with Crippen LogP contribution in [0.4, 0.5) is 4.39 Å². The zero-order valence-electron chi connectivity index (χ0n) is 10.1. The molecule has 0 amide bonds. The Morgan fingerprint density at radius 1 is 1.44 bits per heavy atom. The number of piperazine rings is 1. The average molecular weight is 249 g/mol. The second kappa shape index (κ2) is 6.34. The Morgan fingerprint density at radius 2 is 2.22 bits per heavy atom. The lowest BCUT2D eigenvalue weighted by Crippen LogP contribution is -2.51. The molecule has 1 heterocycles. The summed E-state index contributed by atoms with van der Waals surface area (Å²) in [6.07, 6.45) is 0. The first-order valence-electron chi connectivity index (χ1n) is 6.02. The van der Waals surface area contributed by atoms with Crippen LogP contribution in [-0.2, 0) is 0 Å². The van der Waals surface area contributed by atoms with Crippen LogP contribution in [0.15, 0.2) is 24.3 Å². The molecule has 1 aromatic rings. The minimum absolute atomic E-state index is 0.0874. The highest BCUT2D eigenvalue weighted by atomic mass is 19.1. The minimum Gasteiger partial charge on any atom is -0.492 e. The lowest BCUT2D eigenvalue weighted by Gasteiger charge is -2.31. The second-order valence-electron chi connectivity index (χ2n) is 4.19. The third kappa shape index (κ3) is 3.42. The number of nitrogens with zero attached hydrogens (tertiary/aromatic N) is 2. The Morgan fingerprint density at radius 3 is 2.94 bits per heavy atom. The van der Waals surface area contributed by atoms with Gasteiger partial charge in [-0.05, 0) is 24.3 Å². The highest BCUT2D eigenvalue weighted by molar-refractivity contribution is 5.22. The van der Waals surface area contributed by atoms with Gasteiger partial charge < -0.3 is 10.1 Å². The van der Waals surface area contributed by atoms with Gasteiger partial charge in [0.05, 0.1) is 6.07 Å². The van der Waals surface area contributed by atoms with E-state index in [9.17, 15) is 4.39 Å². The molecule has 1 aliphatic rings. The normalized spacial score (nSPS) is 20.3. The predicted molar refractivity (Wildman–Crippen MR) is 65.7 cm³/mol. The van der Waals surface area contributed by atoms with Gasteiger partial charge >= 0.3 is 0 Å². The van der Waals surface area contributed by atoms with Gasteiger partial charge in [-0.3, -0.25) is 4.90 Å². The summed E-state index contributed by atoms with van der Waals surface area (Å²) < 4.78 is 18.2. The van der Waals surface area contributed by atoms with Crippen molar-refractivity contribution in [1.29, 1.82) is 5.26 Å². The van der Waals surface area contributed by atoms with Crippen molar-refractivity contribution < 1.29 is 9.13 Å². The standard InChI is InChI=1S/C13H16FN3O/c14-11-1-3-13(4-2-11)18-8-7-17-6-5-16-10-12(17)9-15/h1-4,12,16H,5-8,10H2. The van der Waals surface area contributed by atoms with Crippen LogP contribution in [0.2, 0.25) is 0 Å². The number of nitrogens with one attached hydrogen (secondary N) is 1. The molecule has 0 bridgehead atoms. The number of nitriles is 1. The van der Waals surface area contributed by atoms with Gasteiger partial charge in [0.1, 0.15) is 24.2 Å². The van der Waals surface area contributed by atoms with Crippen molar-refractivity contribution in [3.63, 3.8) is 0 Å². The van der Waals surface area contributed by atoms with Gasteiger partial charge in [-0.1, -0.05) is 0 Å². The van der Waals surface area contributed by atoms with Crippen molar-refractivity contribution in [3.8, 4) is 11.8 Å². The quantitative estimate of drug-likeness (QED) is 0.865. The van der Waals surface area contributed by atoms with E-state index in [4.69, 9.17) is 10.00 Å². The van der Waals surface area contributed by atoms with Gasteiger partial charge in [0.15, 0.2) is 0 Å². The summed E-state index contributed by atoms with van der Waals surface area (Å²) in [5.74, 6) is 0.383. The molecule has 0 saturated carbocycles. The molecule has 5 heteroatoms. The highest BCUT2D eigenvalue weighted by Crippen LogP contribution is 2.11. The summed E-state index contributed by atoms with van der Waals surface area (Å²) >= 11 is 0. The molecule has 4 nitrogen and oxygen atoms in total. The van der Waals surface area contributed by atoms with E-state index in [1.165, 1.54) is 12.1 Å². The zero-order valence-corrected chi connectivity index (χ0v) is 10.1. The Kier molecular flexibility index (Phi) is 4.51. The van der Waals surface area contributed by atoms with Crippen LogP contribution in [0.3, 0.4) is 0 Å². The smallest absolute Gasteiger partial charge is 0.123 e. The van der Waals surface area contributed by atoms with E-state index < -0.39 is 0 Å². The first-order chi connectivity index (χ1) is 8.79. The number of benzene rings is 1. The van der Waals surface area contributed by atoms with Crippen molar-refractivity contribution in [1.82, 2.24) is 10.2 Å². The van der Waals surface area contributed by atoms with Crippen molar-refractivity contribution in [3.05, 3.63) is 30.1 Å². The molecule has 0 aromatic heterocycles. The van der Waals surface area contributed by atoms with Gasteiger partial charge in [0, 0.05) is 26.2 Å². The summed E-state index contributed by atoms with van der Waals surface area (Å²) in [5, 5.41) is 12.2. The SMILES string of the molecule is N#CC1CNCCN1CCOc1ccc(F)cc1. The number of hydrogen-bond acceptors (Lipinski definition) is 4. The molecule has 1 N–H and O–H groups in total. The molecule has 0 spiro atoms. The Hall–Kier alpha value is -1.64. The maximum absolute atomic E-state index is 12.7. The molecular formula is C13H16FN3O. The van der Waals surface area contributed by atoms with Crippen LogP contribution in [0.5, 0.6) is 5.75 Å². The molecule has 1 aliphatic heterocycles. The zero-order chi connectivity index (χ0) is 12.8. The predicted octanol–water partition coefficient (Wildman–Crippen LogP) is 1.00. The number of rotatable bonds is 4. The number of halogens is 1. The summed E-state index contributed by atoms with van der Waals surface area (Å²) in [6.45, 7) is 3.66. The van der Waals surface area contributed by atoms with E-state index >= 15 is 0 Å². The molecule has 0 radical (unpaired) electrons. The Balaban J connectivity index is 1.77. The fourth-order valence-electron chi connectivity index (χ4n) is 1.95. The first-order valence-corrected chi connectivity index (χ1v) is 6.02. The topological polar surface area (TPSA) is 48.3 Å². The molecular weight excluding hydrogens is 233 g/mol. The molecule has 96 valence electrons. The summed E-state index contributed by atoms with van der Waals surface area (Å²) in [6, 6.07) is 8.14. The summed E-state index contributed by atoms with van der Waals surface area (Å²) in [5.41, 5.74) is 0. The Bertz CT molecular complexity index is 415. The van der Waals surface area contributed by atoms with E-state index in [0.717, 1.165) is 13.1 Å². The fourth-order valence-corrected chi connectivity index (χ4v) is 1.95. The molecule has 1 unspecified atom stereocenters. The van der Waals surface area contributed by atoms with Crippen LogP contribution < -0.4 is 10.1 Å². The molecule has 1 atom stereocenters.